The van der Waals surface area contributed by atoms with Crippen LogP contribution in [0.4, 0.5) is 0 Å². The van der Waals surface area contributed by atoms with Gasteiger partial charge in [-0.2, -0.15) is 5.10 Å². The van der Waals surface area contributed by atoms with Gasteiger partial charge >= 0.3 is 0 Å². The van der Waals surface area contributed by atoms with Crippen molar-refractivity contribution >= 4 is 5.96 Å². The van der Waals surface area contributed by atoms with Gasteiger partial charge in [0.2, 0.25) is 0 Å². The first-order chi connectivity index (χ1) is 11.6. The molecule has 2 rings (SSSR count). The topological polar surface area (TPSA) is 63.5 Å². The summed E-state index contributed by atoms with van der Waals surface area (Å²) in [6.07, 6.45) is 2.03. The number of guanidine groups is 1. The molecule has 0 fully saturated rings. The van der Waals surface area contributed by atoms with Gasteiger partial charge in [0, 0.05) is 26.8 Å². The van der Waals surface area contributed by atoms with Crippen LogP contribution in [0.2, 0.25) is 0 Å². The first-order valence-corrected chi connectivity index (χ1v) is 8.19. The van der Waals surface area contributed by atoms with Gasteiger partial charge in [0.1, 0.15) is 0 Å². The van der Waals surface area contributed by atoms with E-state index in [1.807, 2.05) is 31.6 Å². The largest absolute Gasteiger partial charge is 0.374 e. The highest BCUT2D eigenvalue weighted by molar-refractivity contribution is 5.79. The summed E-state index contributed by atoms with van der Waals surface area (Å²) in [4.78, 5) is 4.25. The number of ether oxygens (including phenoxy) is 1. The first-order valence-electron chi connectivity index (χ1n) is 8.19. The molecule has 6 nitrogen and oxygen atoms in total. The molecule has 0 aliphatic rings. The van der Waals surface area contributed by atoms with Gasteiger partial charge in [0.15, 0.2) is 5.96 Å². The summed E-state index contributed by atoms with van der Waals surface area (Å²) in [7, 11) is 3.70. The van der Waals surface area contributed by atoms with Crippen LogP contribution < -0.4 is 10.6 Å². The van der Waals surface area contributed by atoms with E-state index in [2.05, 4.69) is 45.0 Å². The Balaban J connectivity index is 1.84. The molecule has 2 aromatic rings. The molecular formula is C18H27N5O. The fourth-order valence-electron chi connectivity index (χ4n) is 2.25. The number of benzene rings is 1. The Kier molecular flexibility index (Phi) is 6.81. The second kappa shape index (κ2) is 9.08. The zero-order valence-corrected chi connectivity index (χ0v) is 14.9. The van der Waals surface area contributed by atoms with Crippen molar-refractivity contribution in [3.05, 3.63) is 53.3 Å². The number of aromatic nitrogens is 2. The van der Waals surface area contributed by atoms with Crippen LogP contribution in [-0.4, -0.2) is 28.9 Å². The fourth-order valence-corrected chi connectivity index (χ4v) is 2.25. The average molecular weight is 329 g/mol. The van der Waals surface area contributed by atoms with Gasteiger partial charge in [-0.25, -0.2) is 0 Å². The molecular weight excluding hydrogens is 302 g/mol. The van der Waals surface area contributed by atoms with Crippen molar-refractivity contribution in [2.24, 2.45) is 12.0 Å². The predicted octanol–water partition coefficient (Wildman–Crippen LogP) is 2.21. The summed E-state index contributed by atoms with van der Waals surface area (Å²) in [5.74, 6) is 0.764. The third-order valence-corrected chi connectivity index (χ3v) is 3.62. The molecule has 2 N–H and O–H groups in total. The zero-order valence-electron chi connectivity index (χ0n) is 14.9. The summed E-state index contributed by atoms with van der Waals surface area (Å²) in [6, 6.07) is 10.4. The van der Waals surface area contributed by atoms with E-state index in [0.717, 1.165) is 11.7 Å². The Morgan fingerprint density at radius 3 is 2.62 bits per heavy atom. The van der Waals surface area contributed by atoms with Crippen molar-refractivity contribution < 1.29 is 4.74 Å². The van der Waals surface area contributed by atoms with E-state index in [1.54, 1.807) is 13.2 Å². The molecule has 1 aromatic heterocycles. The Morgan fingerprint density at radius 1 is 1.21 bits per heavy atom. The quantitative estimate of drug-likeness (QED) is 0.604. The summed E-state index contributed by atoms with van der Waals surface area (Å²) < 4.78 is 7.50. The van der Waals surface area contributed by atoms with E-state index in [0.29, 0.717) is 19.7 Å². The number of aryl methyl sites for hydroxylation is 1. The van der Waals surface area contributed by atoms with E-state index >= 15 is 0 Å². The summed E-state index contributed by atoms with van der Waals surface area (Å²) >= 11 is 0. The Labute approximate surface area is 143 Å². The van der Waals surface area contributed by atoms with Crippen molar-refractivity contribution in [1.29, 1.82) is 0 Å². The van der Waals surface area contributed by atoms with Crippen LogP contribution >= 0.6 is 0 Å². The third kappa shape index (κ3) is 5.70. The Morgan fingerprint density at radius 2 is 1.96 bits per heavy atom. The first kappa shape index (κ1) is 18.0. The minimum absolute atomic E-state index is 0.238. The molecule has 0 bridgehead atoms. The fraction of sp³-hybridized carbons (Fsp3) is 0.444. The van der Waals surface area contributed by atoms with Crippen LogP contribution in [0.25, 0.3) is 0 Å². The highest BCUT2D eigenvalue weighted by Crippen LogP contribution is 2.08. The summed E-state index contributed by atoms with van der Waals surface area (Å²) in [5, 5.41) is 10.8. The maximum absolute atomic E-state index is 5.66. The van der Waals surface area contributed by atoms with E-state index in [1.165, 1.54) is 11.1 Å². The lowest BCUT2D eigenvalue weighted by Gasteiger charge is -2.13. The van der Waals surface area contributed by atoms with Crippen LogP contribution in [0.5, 0.6) is 0 Å². The second-order valence-electron chi connectivity index (χ2n) is 5.91. The molecule has 0 aliphatic carbocycles. The van der Waals surface area contributed by atoms with Crippen LogP contribution in [-0.2, 0) is 31.5 Å². The molecule has 0 aliphatic heterocycles. The zero-order chi connectivity index (χ0) is 17.4. The lowest BCUT2D eigenvalue weighted by molar-refractivity contribution is 0.0657. The molecule has 24 heavy (non-hydrogen) atoms. The summed E-state index contributed by atoms with van der Waals surface area (Å²) in [5.41, 5.74) is 3.48. The Bertz CT molecular complexity index is 663. The lowest BCUT2D eigenvalue weighted by atomic mass is 10.1. The minimum atomic E-state index is 0.238. The highest BCUT2D eigenvalue weighted by atomic mass is 16.5. The molecule has 0 unspecified atom stereocenters. The standard InChI is InChI=1S/C18H27N5O/c1-14(2)24-13-16-7-5-6-15(10-16)11-20-18(19-3)21-12-17-8-9-22-23(17)4/h5-10,14H,11-13H2,1-4H3,(H2,19,20,21). The molecule has 1 aromatic carbocycles. The van der Waals surface area contributed by atoms with E-state index < -0.39 is 0 Å². The molecule has 0 atom stereocenters. The van der Waals surface area contributed by atoms with Gasteiger partial charge in [0.25, 0.3) is 0 Å². The van der Waals surface area contributed by atoms with E-state index in [-0.39, 0.29) is 6.10 Å². The number of hydrogen-bond donors (Lipinski definition) is 2. The maximum atomic E-state index is 5.66. The van der Waals surface area contributed by atoms with Gasteiger partial charge in [-0.05, 0) is 31.0 Å². The third-order valence-electron chi connectivity index (χ3n) is 3.62. The predicted molar refractivity (Wildman–Crippen MR) is 96.6 cm³/mol. The molecule has 0 radical (unpaired) electrons. The monoisotopic (exact) mass is 329 g/mol. The van der Waals surface area contributed by atoms with E-state index in [9.17, 15) is 0 Å². The molecule has 130 valence electrons. The second-order valence-corrected chi connectivity index (χ2v) is 5.91. The smallest absolute Gasteiger partial charge is 0.191 e. The number of nitrogens with one attached hydrogen (secondary N) is 2. The van der Waals surface area contributed by atoms with Crippen molar-refractivity contribution in [2.75, 3.05) is 7.05 Å². The van der Waals surface area contributed by atoms with Gasteiger partial charge in [-0.1, -0.05) is 24.3 Å². The molecule has 0 amide bonds. The normalized spacial score (nSPS) is 11.8. The van der Waals surface area contributed by atoms with Gasteiger partial charge in [-0.15, -0.1) is 0 Å². The number of rotatable bonds is 7. The number of aliphatic imine (C=N–C) groups is 1. The highest BCUT2D eigenvalue weighted by Gasteiger charge is 2.03. The van der Waals surface area contributed by atoms with Crippen molar-refractivity contribution in [3.63, 3.8) is 0 Å². The SMILES string of the molecule is CN=C(NCc1cccc(COC(C)C)c1)NCc1ccnn1C. The van der Waals surface area contributed by atoms with Crippen LogP contribution in [0, 0.1) is 0 Å². The number of hydrogen-bond acceptors (Lipinski definition) is 3. The van der Waals surface area contributed by atoms with Crippen molar-refractivity contribution in [1.82, 2.24) is 20.4 Å². The van der Waals surface area contributed by atoms with Crippen molar-refractivity contribution in [3.8, 4) is 0 Å². The van der Waals surface area contributed by atoms with Crippen molar-refractivity contribution in [2.45, 2.75) is 39.6 Å². The van der Waals surface area contributed by atoms with Crippen LogP contribution in [0.3, 0.4) is 0 Å². The van der Waals surface area contributed by atoms with Crippen LogP contribution in [0.1, 0.15) is 30.7 Å². The summed E-state index contributed by atoms with van der Waals surface area (Å²) in [6.45, 7) is 6.12. The Hall–Kier alpha value is -2.34. The lowest BCUT2D eigenvalue weighted by Crippen LogP contribution is -2.36. The number of nitrogens with zero attached hydrogens (tertiary/aromatic N) is 3. The molecule has 6 heteroatoms. The van der Waals surface area contributed by atoms with E-state index in [4.69, 9.17) is 4.74 Å². The van der Waals surface area contributed by atoms with Gasteiger partial charge < -0.3 is 15.4 Å². The molecule has 0 saturated heterocycles. The minimum Gasteiger partial charge on any atom is -0.374 e. The maximum Gasteiger partial charge on any atom is 0.191 e. The van der Waals surface area contributed by atoms with Gasteiger partial charge in [-0.3, -0.25) is 9.67 Å². The molecule has 1 heterocycles. The molecule has 0 saturated carbocycles. The van der Waals surface area contributed by atoms with Gasteiger partial charge in [0.05, 0.1) is 24.9 Å². The molecule has 0 spiro atoms. The average Bonchev–Trinajstić information content (AvgIpc) is 2.98. The van der Waals surface area contributed by atoms with Crippen LogP contribution in [0.15, 0.2) is 41.5 Å².